The van der Waals surface area contributed by atoms with Crippen LogP contribution in [-0.4, -0.2) is 9.97 Å². The van der Waals surface area contributed by atoms with Crippen molar-refractivity contribution in [1.29, 1.82) is 0 Å². The number of nitrogens with two attached hydrogens (primary N) is 2. The van der Waals surface area contributed by atoms with Crippen molar-refractivity contribution in [3.63, 3.8) is 0 Å². The summed E-state index contributed by atoms with van der Waals surface area (Å²) in [5, 5.41) is 0.618. The first-order valence-electron chi connectivity index (χ1n) is 5.63. The van der Waals surface area contributed by atoms with E-state index >= 15 is 0 Å². The van der Waals surface area contributed by atoms with Gasteiger partial charge in [0.25, 0.3) is 0 Å². The molecule has 94 valence electrons. The molecule has 0 saturated carbocycles. The van der Waals surface area contributed by atoms with Gasteiger partial charge in [-0.25, -0.2) is 9.97 Å². The molecule has 0 amide bonds. The highest BCUT2D eigenvalue weighted by Gasteiger charge is 2.04. The Labute approximate surface area is 111 Å². The number of rotatable bonds is 3. The molecule has 0 aliphatic rings. The molecule has 0 saturated heterocycles. The first kappa shape index (κ1) is 12.7. The molecule has 4 nitrogen and oxygen atoms in total. The van der Waals surface area contributed by atoms with E-state index in [-0.39, 0.29) is 0 Å². The van der Waals surface area contributed by atoms with E-state index in [2.05, 4.69) is 42.0 Å². The number of benzene rings is 1. The van der Waals surface area contributed by atoms with E-state index < -0.39 is 0 Å². The van der Waals surface area contributed by atoms with Gasteiger partial charge in [-0.1, -0.05) is 35.5 Å². The van der Waals surface area contributed by atoms with E-state index in [0.29, 0.717) is 16.8 Å². The van der Waals surface area contributed by atoms with Crippen molar-refractivity contribution in [2.45, 2.75) is 24.8 Å². The molecule has 0 radical (unpaired) electrons. The maximum absolute atomic E-state index is 5.63. The lowest BCUT2D eigenvalue weighted by molar-refractivity contribution is 0.983. The molecule has 2 rings (SSSR count). The second-order valence-electron chi connectivity index (χ2n) is 4.22. The van der Waals surface area contributed by atoms with Crippen molar-refractivity contribution < 1.29 is 0 Å². The van der Waals surface area contributed by atoms with E-state index in [1.54, 1.807) is 6.07 Å². The largest absolute Gasteiger partial charge is 0.383 e. The Morgan fingerprint density at radius 1 is 1.06 bits per heavy atom. The second kappa shape index (κ2) is 5.27. The Morgan fingerprint density at radius 2 is 1.72 bits per heavy atom. The molecule has 18 heavy (non-hydrogen) atoms. The summed E-state index contributed by atoms with van der Waals surface area (Å²) in [7, 11) is 0. The minimum atomic E-state index is 0.408. The van der Waals surface area contributed by atoms with Crippen LogP contribution in [0.2, 0.25) is 0 Å². The Kier molecular flexibility index (Phi) is 3.72. The van der Waals surface area contributed by atoms with Gasteiger partial charge in [0.05, 0.1) is 0 Å². The molecule has 1 aromatic heterocycles. The maximum Gasteiger partial charge on any atom is 0.191 e. The van der Waals surface area contributed by atoms with E-state index in [1.165, 1.54) is 28.5 Å². The van der Waals surface area contributed by atoms with Crippen molar-refractivity contribution in [3.8, 4) is 0 Å². The number of thioether (sulfide) groups is 1. The van der Waals surface area contributed by atoms with Gasteiger partial charge < -0.3 is 11.5 Å². The molecule has 0 atom stereocenters. The Balaban J connectivity index is 2.11. The molecule has 0 bridgehead atoms. The lowest BCUT2D eigenvalue weighted by Crippen LogP contribution is -1.99. The first-order valence-corrected chi connectivity index (χ1v) is 6.62. The van der Waals surface area contributed by atoms with Gasteiger partial charge in [-0.3, -0.25) is 0 Å². The van der Waals surface area contributed by atoms with Crippen LogP contribution in [0.1, 0.15) is 16.7 Å². The second-order valence-corrected chi connectivity index (χ2v) is 5.16. The lowest BCUT2D eigenvalue weighted by Gasteiger charge is -2.06. The summed E-state index contributed by atoms with van der Waals surface area (Å²) < 4.78 is 0. The molecule has 1 heterocycles. The van der Waals surface area contributed by atoms with Crippen LogP contribution in [-0.2, 0) is 5.75 Å². The van der Waals surface area contributed by atoms with Crippen LogP contribution in [0.5, 0.6) is 0 Å². The SMILES string of the molecule is Cc1ccc(CSc2nc(N)cc(N)n2)c(C)c1. The fraction of sp³-hybridized carbons (Fsp3) is 0.231. The van der Waals surface area contributed by atoms with Crippen molar-refractivity contribution in [2.75, 3.05) is 11.5 Å². The third kappa shape index (κ3) is 3.13. The molecule has 2 aromatic rings. The normalized spacial score (nSPS) is 10.6. The average Bonchev–Trinajstić information content (AvgIpc) is 2.26. The number of nitrogen functional groups attached to an aromatic ring is 2. The van der Waals surface area contributed by atoms with Crippen LogP contribution >= 0.6 is 11.8 Å². The molecule has 0 aliphatic heterocycles. The van der Waals surface area contributed by atoms with Gasteiger partial charge in [-0.15, -0.1) is 0 Å². The van der Waals surface area contributed by atoms with Crippen LogP contribution in [0.25, 0.3) is 0 Å². The summed E-state index contributed by atoms with van der Waals surface area (Å²) in [4.78, 5) is 8.29. The monoisotopic (exact) mass is 260 g/mol. The minimum absolute atomic E-state index is 0.408. The molecule has 4 N–H and O–H groups in total. The summed E-state index contributed by atoms with van der Waals surface area (Å²) in [6, 6.07) is 7.97. The summed E-state index contributed by atoms with van der Waals surface area (Å²) in [6.07, 6.45) is 0. The molecule has 0 unspecified atom stereocenters. The topological polar surface area (TPSA) is 77.8 Å². The number of aryl methyl sites for hydroxylation is 2. The smallest absolute Gasteiger partial charge is 0.191 e. The van der Waals surface area contributed by atoms with Gasteiger partial charge >= 0.3 is 0 Å². The van der Waals surface area contributed by atoms with Crippen LogP contribution < -0.4 is 11.5 Å². The van der Waals surface area contributed by atoms with Crippen LogP contribution in [0.15, 0.2) is 29.4 Å². The number of nitrogens with zero attached hydrogens (tertiary/aromatic N) is 2. The summed E-state index contributed by atoms with van der Waals surface area (Å²) in [5.41, 5.74) is 15.1. The zero-order valence-corrected chi connectivity index (χ0v) is 11.3. The molecule has 5 heteroatoms. The molecule has 0 aliphatic carbocycles. The predicted octanol–water partition coefficient (Wildman–Crippen LogP) is 2.55. The van der Waals surface area contributed by atoms with Crippen LogP contribution in [0.3, 0.4) is 0 Å². The fourth-order valence-corrected chi connectivity index (χ4v) is 2.62. The lowest BCUT2D eigenvalue weighted by atomic mass is 10.1. The van der Waals surface area contributed by atoms with E-state index in [0.717, 1.165) is 5.75 Å². The van der Waals surface area contributed by atoms with Crippen molar-refractivity contribution in [3.05, 3.63) is 41.0 Å². The summed E-state index contributed by atoms with van der Waals surface area (Å²) in [5.74, 6) is 1.63. The third-order valence-electron chi connectivity index (χ3n) is 2.60. The first-order chi connectivity index (χ1) is 8.54. The summed E-state index contributed by atoms with van der Waals surface area (Å²) >= 11 is 1.54. The molecule has 1 aromatic carbocycles. The fourth-order valence-electron chi connectivity index (χ4n) is 1.68. The van der Waals surface area contributed by atoms with Gasteiger partial charge in [-0.2, -0.15) is 0 Å². The van der Waals surface area contributed by atoms with Gasteiger partial charge in [0.2, 0.25) is 0 Å². The van der Waals surface area contributed by atoms with E-state index in [4.69, 9.17) is 11.5 Å². The Hall–Kier alpha value is -1.75. The van der Waals surface area contributed by atoms with Crippen molar-refractivity contribution in [2.24, 2.45) is 0 Å². The number of aromatic nitrogens is 2. The van der Waals surface area contributed by atoms with Gasteiger partial charge in [-0.05, 0) is 25.0 Å². The van der Waals surface area contributed by atoms with E-state index in [9.17, 15) is 0 Å². The van der Waals surface area contributed by atoms with Gasteiger partial charge in [0, 0.05) is 11.8 Å². The Morgan fingerprint density at radius 3 is 2.33 bits per heavy atom. The van der Waals surface area contributed by atoms with E-state index in [1.807, 2.05) is 0 Å². The highest BCUT2D eigenvalue weighted by molar-refractivity contribution is 7.98. The highest BCUT2D eigenvalue weighted by Crippen LogP contribution is 2.23. The predicted molar refractivity (Wildman–Crippen MR) is 76.3 cm³/mol. The zero-order valence-electron chi connectivity index (χ0n) is 10.5. The zero-order chi connectivity index (χ0) is 13.1. The Bertz CT molecular complexity index is 549. The van der Waals surface area contributed by atoms with Crippen molar-refractivity contribution >= 4 is 23.4 Å². The maximum atomic E-state index is 5.63. The highest BCUT2D eigenvalue weighted by atomic mass is 32.2. The molecule has 0 spiro atoms. The molecule has 0 fully saturated rings. The van der Waals surface area contributed by atoms with Crippen LogP contribution in [0, 0.1) is 13.8 Å². The van der Waals surface area contributed by atoms with Gasteiger partial charge in [0.15, 0.2) is 5.16 Å². The quantitative estimate of drug-likeness (QED) is 0.655. The standard InChI is InChI=1S/C13H16N4S/c1-8-3-4-10(9(2)5-8)7-18-13-16-11(14)6-12(15)17-13/h3-6H,7H2,1-2H3,(H4,14,15,16,17). The number of hydrogen-bond acceptors (Lipinski definition) is 5. The molecular weight excluding hydrogens is 244 g/mol. The number of anilines is 2. The van der Waals surface area contributed by atoms with Crippen LogP contribution in [0.4, 0.5) is 11.6 Å². The van der Waals surface area contributed by atoms with Gasteiger partial charge in [0.1, 0.15) is 11.6 Å². The number of hydrogen-bond donors (Lipinski definition) is 2. The van der Waals surface area contributed by atoms with Crippen molar-refractivity contribution in [1.82, 2.24) is 9.97 Å². The summed E-state index contributed by atoms with van der Waals surface area (Å²) in [6.45, 7) is 4.20. The molecular formula is C13H16N4S. The third-order valence-corrected chi connectivity index (χ3v) is 3.50. The minimum Gasteiger partial charge on any atom is -0.383 e. The average molecular weight is 260 g/mol.